The Balaban J connectivity index is 1.96. The number of hydrogen-bond acceptors (Lipinski definition) is 5. The van der Waals surface area contributed by atoms with Gasteiger partial charge in [0.25, 0.3) is 0 Å². The van der Waals surface area contributed by atoms with Gasteiger partial charge in [0, 0.05) is 32.7 Å². The van der Waals surface area contributed by atoms with E-state index < -0.39 is 17.9 Å². The highest BCUT2D eigenvalue weighted by Crippen LogP contribution is 2.12. The molecule has 0 bridgehead atoms. The first-order valence-corrected chi connectivity index (χ1v) is 7.17. The smallest absolute Gasteiger partial charge is 0.312 e. The lowest BCUT2D eigenvalue weighted by atomic mass is 10.2. The van der Waals surface area contributed by atoms with E-state index >= 15 is 0 Å². The number of amides is 2. The Morgan fingerprint density at radius 3 is 2.70 bits per heavy atom. The lowest BCUT2D eigenvalue weighted by molar-refractivity contribution is -0.160. The third kappa shape index (κ3) is 3.68. The van der Waals surface area contributed by atoms with Crippen molar-refractivity contribution in [2.45, 2.75) is 25.6 Å². The number of morpholine rings is 1. The van der Waals surface area contributed by atoms with Gasteiger partial charge < -0.3 is 25.0 Å². The number of ether oxygens (including phenoxy) is 1. The molecule has 114 valence electrons. The monoisotopic (exact) mass is 285 g/mol. The van der Waals surface area contributed by atoms with Crippen molar-refractivity contribution >= 4 is 11.8 Å². The second-order valence-corrected chi connectivity index (χ2v) is 5.36. The van der Waals surface area contributed by atoms with Crippen LogP contribution in [0.3, 0.4) is 0 Å². The fraction of sp³-hybridized carbons (Fsp3) is 0.846. The van der Waals surface area contributed by atoms with Crippen LogP contribution in [-0.4, -0.2) is 84.8 Å². The van der Waals surface area contributed by atoms with Gasteiger partial charge in [-0.2, -0.15) is 0 Å². The lowest BCUT2D eigenvalue weighted by Gasteiger charge is -2.36. The molecule has 2 amide bonds. The van der Waals surface area contributed by atoms with Crippen LogP contribution in [0, 0.1) is 0 Å². The minimum Gasteiger partial charge on any atom is -0.394 e. The maximum absolute atomic E-state index is 12.3. The topological polar surface area (TPSA) is 82.1 Å². The van der Waals surface area contributed by atoms with Crippen LogP contribution in [0.2, 0.25) is 0 Å². The van der Waals surface area contributed by atoms with Crippen LogP contribution in [0.25, 0.3) is 0 Å². The van der Waals surface area contributed by atoms with Crippen LogP contribution in [0.15, 0.2) is 0 Å². The maximum atomic E-state index is 12.3. The van der Waals surface area contributed by atoms with Crippen molar-refractivity contribution < 1.29 is 19.4 Å². The van der Waals surface area contributed by atoms with Crippen LogP contribution >= 0.6 is 0 Å². The number of rotatable bonds is 1. The molecular formula is C13H23N3O4. The van der Waals surface area contributed by atoms with Crippen LogP contribution < -0.4 is 5.32 Å². The van der Waals surface area contributed by atoms with Crippen molar-refractivity contribution in [3.8, 4) is 0 Å². The van der Waals surface area contributed by atoms with Crippen molar-refractivity contribution in [1.29, 1.82) is 0 Å². The molecule has 20 heavy (non-hydrogen) atoms. The summed E-state index contributed by atoms with van der Waals surface area (Å²) in [5.74, 6) is -0.931. The maximum Gasteiger partial charge on any atom is 0.312 e. The Morgan fingerprint density at radius 1 is 1.20 bits per heavy atom. The predicted octanol–water partition coefficient (Wildman–Crippen LogP) is -1.58. The summed E-state index contributed by atoms with van der Waals surface area (Å²) in [6.45, 7) is 5.13. The number of aliphatic hydroxyl groups is 1. The van der Waals surface area contributed by atoms with Gasteiger partial charge in [-0.05, 0) is 19.9 Å². The minimum absolute atomic E-state index is 0.143. The molecule has 0 saturated carbocycles. The quantitative estimate of drug-likeness (QED) is 0.568. The number of aliphatic hydroxyl groups excluding tert-OH is 1. The van der Waals surface area contributed by atoms with Gasteiger partial charge >= 0.3 is 11.8 Å². The highest BCUT2D eigenvalue weighted by molar-refractivity contribution is 6.34. The van der Waals surface area contributed by atoms with E-state index in [1.807, 2.05) is 6.92 Å². The zero-order valence-corrected chi connectivity index (χ0v) is 11.9. The molecule has 0 radical (unpaired) electrons. The summed E-state index contributed by atoms with van der Waals surface area (Å²) >= 11 is 0. The van der Waals surface area contributed by atoms with E-state index in [-0.39, 0.29) is 19.3 Å². The molecule has 2 fully saturated rings. The fourth-order valence-electron chi connectivity index (χ4n) is 2.63. The summed E-state index contributed by atoms with van der Waals surface area (Å²) in [4.78, 5) is 27.7. The third-order valence-corrected chi connectivity index (χ3v) is 3.63. The molecule has 7 nitrogen and oxygen atoms in total. The van der Waals surface area contributed by atoms with Crippen molar-refractivity contribution in [3.05, 3.63) is 0 Å². The molecule has 0 aromatic heterocycles. The molecule has 2 saturated heterocycles. The first-order valence-electron chi connectivity index (χ1n) is 7.17. The Hall–Kier alpha value is -1.18. The number of nitrogens with zero attached hydrogens (tertiary/aromatic N) is 2. The summed E-state index contributed by atoms with van der Waals surface area (Å²) in [5, 5.41) is 12.4. The second kappa shape index (κ2) is 7.01. The fourth-order valence-corrected chi connectivity index (χ4v) is 2.63. The molecule has 2 heterocycles. The Morgan fingerprint density at radius 2 is 1.95 bits per heavy atom. The summed E-state index contributed by atoms with van der Waals surface area (Å²) < 4.78 is 5.48. The van der Waals surface area contributed by atoms with Gasteiger partial charge in [-0.3, -0.25) is 9.59 Å². The van der Waals surface area contributed by atoms with E-state index in [9.17, 15) is 9.59 Å². The Labute approximate surface area is 118 Å². The largest absolute Gasteiger partial charge is 0.394 e. The zero-order chi connectivity index (χ0) is 14.5. The van der Waals surface area contributed by atoms with Gasteiger partial charge in [-0.15, -0.1) is 0 Å². The highest BCUT2D eigenvalue weighted by atomic mass is 16.5. The average Bonchev–Trinajstić information content (AvgIpc) is 2.74. The van der Waals surface area contributed by atoms with Gasteiger partial charge in [-0.25, -0.2) is 0 Å². The van der Waals surface area contributed by atoms with E-state index in [4.69, 9.17) is 9.84 Å². The van der Waals surface area contributed by atoms with Crippen LogP contribution in [0.1, 0.15) is 13.3 Å². The molecule has 0 aromatic rings. The van der Waals surface area contributed by atoms with E-state index in [1.165, 1.54) is 4.90 Å². The molecule has 7 heteroatoms. The SMILES string of the molecule is CC1CN(C(=O)C(=O)N2CCCNCC2)CC(CO)O1. The van der Waals surface area contributed by atoms with E-state index in [1.54, 1.807) is 4.90 Å². The number of carbonyl (C=O) groups excluding carboxylic acids is 2. The normalized spacial score (nSPS) is 28.1. The molecule has 2 unspecified atom stereocenters. The predicted molar refractivity (Wildman–Crippen MR) is 72.1 cm³/mol. The van der Waals surface area contributed by atoms with Gasteiger partial charge in [-0.1, -0.05) is 0 Å². The molecule has 2 aliphatic rings. The lowest BCUT2D eigenvalue weighted by Crippen LogP contribution is -2.54. The molecule has 2 aliphatic heterocycles. The number of nitrogens with one attached hydrogen (secondary N) is 1. The Bertz CT molecular complexity index is 356. The molecular weight excluding hydrogens is 262 g/mol. The molecule has 2 rings (SSSR count). The first kappa shape index (κ1) is 15.2. The van der Waals surface area contributed by atoms with Gasteiger partial charge in [0.15, 0.2) is 0 Å². The van der Waals surface area contributed by atoms with E-state index in [0.717, 1.165) is 19.5 Å². The second-order valence-electron chi connectivity index (χ2n) is 5.36. The Kier molecular flexibility index (Phi) is 5.33. The first-order chi connectivity index (χ1) is 9.61. The summed E-state index contributed by atoms with van der Waals surface area (Å²) in [5.41, 5.74) is 0. The molecule has 2 atom stereocenters. The average molecular weight is 285 g/mol. The molecule has 0 spiro atoms. The van der Waals surface area contributed by atoms with Crippen molar-refractivity contribution in [3.63, 3.8) is 0 Å². The van der Waals surface area contributed by atoms with Crippen molar-refractivity contribution in [2.75, 3.05) is 45.9 Å². The molecule has 2 N–H and O–H groups in total. The van der Waals surface area contributed by atoms with Gasteiger partial charge in [0.1, 0.15) is 0 Å². The van der Waals surface area contributed by atoms with Crippen molar-refractivity contribution in [2.24, 2.45) is 0 Å². The van der Waals surface area contributed by atoms with Crippen molar-refractivity contribution in [1.82, 2.24) is 15.1 Å². The molecule has 0 aliphatic carbocycles. The number of hydrogen-bond donors (Lipinski definition) is 2. The van der Waals surface area contributed by atoms with Crippen LogP contribution in [0.4, 0.5) is 0 Å². The summed E-state index contributed by atoms with van der Waals surface area (Å²) in [6.07, 6.45) is 0.294. The van der Waals surface area contributed by atoms with Gasteiger partial charge in [0.2, 0.25) is 0 Å². The summed E-state index contributed by atoms with van der Waals surface area (Å²) in [7, 11) is 0. The minimum atomic E-state index is -0.486. The zero-order valence-electron chi connectivity index (χ0n) is 11.9. The standard InChI is InChI=1S/C13H23N3O4/c1-10-7-16(8-11(9-17)20-10)13(19)12(18)15-5-2-3-14-4-6-15/h10-11,14,17H,2-9H2,1H3. The number of carbonyl (C=O) groups is 2. The summed E-state index contributed by atoms with van der Waals surface area (Å²) in [6, 6.07) is 0. The van der Waals surface area contributed by atoms with E-state index in [2.05, 4.69) is 5.32 Å². The highest BCUT2D eigenvalue weighted by Gasteiger charge is 2.33. The molecule has 0 aromatic carbocycles. The van der Waals surface area contributed by atoms with Gasteiger partial charge in [0.05, 0.1) is 18.8 Å². The van der Waals surface area contributed by atoms with Crippen LogP contribution in [-0.2, 0) is 14.3 Å². The third-order valence-electron chi connectivity index (χ3n) is 3.63. The van der Waals surface area contributed by atoms with E-state index in [0.29, 0.717) is 19.6 Å². The van der Waals surface area contributed by atoms with Crippen LogP contribution in [0.5, 0.6) is 0 Å².